The lowest BCUT2D eigenvalue weighted by Crippen LogP contribution is -2.34. The molecule has 39 heavy (non-hydrogen) atoms. The van der Waals surface area contributed by atoms with Crippen molar-refractivity contribution in [1.29, 1.82) is 0 Å². The number of hydrogen-bond donors (Lipinski definition) is 1. The van der Waals surface area contributed by atoms with E-state index in [2.05, 4.69) is 10.3 Å². The Labute approximate surface area is 227 Å². The Bertz CT molecular complexity index is 1480. The Morgan fingerprint density at radius 2 is 1.74 bits per heavy atom. The van der Waals surface area contributed by atoms with Crippen LogP contribution in [0, 0.1) is 6.92 Å². The molecule has 1 atom stereocenters. The van der Waals surface area contributed by atoms with Gasteiger partial charge >= 0.3 is 0 Å². The van der Waals surface area contributed by atoms with Crippen molar-refractivity contribution < 1.29 is 14.4 Å². The zero-order chi connectivity index (χ0) is 27.4. The third-order valence-electron chi connectivity index (χ3n) is 7.21. The van der Waals surface area contributed by atoms with E-state index in [-0.39, 0.29) is 30.3 Å². The summed E-state index contributed by atoms with van der Waals surface area (Å²) in [6.07, 6.45) is 6.55. The van der Waals surface area contributed by atoms with Crippen LogP contribution in [0.1, 0.15) is 50.7 Å². The summed E-state index contributed by atoms with van der Waals surface area (Å²) in [6, 6.07) is 22.0. The highest BCUT2D eigenvalue weighted by Gasteiger charge is 2.30. The number of para-hydroxylation sites is 1. The van der Waals surface area contributed by atoms with Crippen LogP contribution in [0.15, 0.2) is 91.5 Å². The van der Waals surface area contributed by atoms with Crippen molar-refractivity contribution in [3.8, 4) is 0 Å². The van der Waals surface area contributed by atoms with Gasteiger partial charge in [0.05, 0.1) is 12.4 Å². The van der Waals surface area contributed by atoms with E-state index >= 15 is 0 Å². The van der Waals surface area contributed by atoms with E-state index < -0.39 is 0 Å². The standard InChI is InChI=1S/C31H31N5O3/c1-22-8-3-4-9-25(22)30(38)33-24-15-13-23(14-16-24)31(39)36-18-7-12-27(26-10-5-6-11-28(26)36)34(2)29(37)20-35-19-17-32-21-35/h3-6,8-11,13-17,19,21,27H,7,12,18,20H2,1-2H3,(H,33,38). The molecule has 2 heterocycles. The summed E-state index contributed by atoms with van der Waals surface area (Å²) in [7, 11) is 1.82. The van der Waals surface area contributed by atoms with Crippen LogP contribution in [0.4, 0.5) is 11.4 Å². The van der Waals surface area contributed by atoms with E-state index in [1.165, 1.54) is 0 Å². The van der Waals surface area contributed by atoms with Gasteiger partial charge in [0.25, 0.3) is 11.8 Å². The predicted octanol–water partition coefficient (Wildman–Crippen LogP) is 5.08. The molecule has 1 unspecified atom stereocenters. The third-order valence-corrected chi connectivity index (χ3v) is 7.21. The normalized spacial score (nSPS) is 14.7. The minimum atomic E-state index is -0.189. The molecule has 8 nitrogen and oxygen atoms in total. The summed E-state index contributed by atoms with van der Waals surface area (Å²) in [5.41, 5.74) is 4.42. The Balaban J connectivity index is 1.33. The zero-order valence-corrected chi connectivity index (χ0v) is 22.1. The van der Waals surface area contributed by atoms with Gasteiger partial charge in [0.1, 0.15) is 6.54 Å². The number of aromatic nitrogens is 2. The van der Waals surface area contributed by atoms with Crippen molar-refractivity contribution in [2.24, 2.45) is 0 Å². The fourth-order valence-electron chi connectivity index (χ4n) is 5.05. The number of fused-ring (bicyclic) bond motifs is 1. The highest BCUT2D eigenvalue weighted by Crippen LogP contribution is 2.37. The number of hydrogen-bond acceptors (Lipinski definition) is 4. The lowest BCUT2D eigenvalue weighted by molar-refractivity contribution is -0.132. The molecule has 4 aromatic rings. The summed E-state index contributed by atoms with van der Waals surface area (Å²) >= 11 is 0. The van der Waals surface area contributed by atoms with Gasteiger partial charge in [0.2, 0.25) is 5.91 Å². The maximum Gasteiger partial charge on any atom is 0.258 e. The lowest BCUT2D eigenvalue weighted by atomic mass is 10.00. The Hall–Kier alpha value is -4.72. The highest BCUT2D eigenvalue weighted by atomic mass is 16.2. The first-order valence-corrected chi connectivity index (χ1v) is 13.0. The maximum absolute atomic E-state index is 13.7. The van der Waals surface area contributed by atoms with Gasteiger partial charge in [0.15, 0.2) is 0 Å². The zero-order valence-electron chi connectivity index (χ0n) is 22.1. The minimum absolute atomic E-state index is 0.0177. The number of rotatable bonds is 6. The fraction of sp³-hybridized carbons (Fsp3) is 0.226. The molecular weight excluding hydrogens is 490 g/mol. The fourth-order valence-corrected chi connectivity index (χ4v) is 5.05. The largest absolute Gasteiger partial charge is 0.337 e. The van der Waals surface area contributed by atoms with E-state index in [1.54, 1.807) is 63.4 Å². The van der Waals surface area contributed by atoms with Crippen LogP contribution >= 0.6 is 0 Å². The number of aryl methyl sites for hydroxylation is 1. The first-order valence-electron chi connectivity index (χ1n) is 13.0. The van der Waals surface area contributed by atoms with Crippen LogP contribution in [0.25, 0.3) is 0 Å². The number of nitrogens with zero attached hydrogens (tertiary/aromatic N) is 4. The second kappa shape index (κ2) is 11.3. The molecule has 198 valence electrons. The van der Waals surface area contributed by atoms with Crippen LogP contribution < -0.4 is 10.2 Å². The molecule has 0 bridgehead atoms. The molecule has 0 fully saturated rings. The van der Waals surface area contributed by atoms with Crippen LogP contribution in [0.2, 0.25) is 0 Å². The van der Waals surface area contributed by atoms with Crippen LogP contribution in [0.5, 0.6) is 0 Å². The smallest absolute Gasteiger partial charge is 0.258 e. The van der Waals surface area contributed by atoms with Crippen LogP contribution in [0.3, 0.4) is 0 Å². The monoisotopic (exact) mass is 521 g/mol. The van der Waals surface area contributed by atoms with E-state index in [0.717, 1.165) is 29.7 Å². The van der Waals surface area contributed by atoms with Crippen molar-refractivity contribution in [3.05, 3.63) is 114 Å². The molecule has 5 rings (SSSR count). The summed E-state index contributed by atoms with van der Waals surface area (Å²) in [5, 5.41) is 2.91. The van der Waals surface area contributed by atoms with E-state index in [4.69, 9.17) is 0 Å². The van der Waals surface area contributed by atoms with Gasteiger partial charge in [0, 0.05) is 48.5 Å². The topological polar surface area (TPSA) is 87.5 Å². The molecule has 1 N–H and O–H groups in total. The SMILES string of the molecule is Cc1ccccc1C(=O)Nc1ccc(C(=O)N2CCCC(N(C)C(=O)Cn3ccnc3)c3ccccc32)cc1. The van der Waals surface area contributed by atoms with Crippen LogP contribution in [-0.4, -0.2) is 45.8 Å². The van der Waals surface area contributed by atoms with Gasteiger partial charge in [-0.2, -0.15) is 0 Å². The molecule has 0 saturated heterocycles. The number of imidazole rings is 1. The van der Waals surface area contributed by atoms with E-state index in [1.807, 2.05) is 56.4 Å². The van der Waals surface area contributed by atoms with Gasteiger partial charge in [-0.3, -0.25) is 14.4 Å². The number of amides is 3. The Morgan fingerprint density at radius 3 is 2.49 bits per heavy atom. The molecule has 8 heteroatoms. The predicted molar refractivity (Wildman–Crippen MR) is 151 cm³/mol. The molecule has 1 aliphatic heterocycles. The van der Waals surface area contributed by atoms with Gasteiger partial charge in [-0.1, -0.05) is 36.4 Å². The van der Waals surface area contributed by atoms with Gasteiger partial charge in [-0.25, -0.2) is 4.98 Å². The van der Waals surface area contributed by atoms with Gasteiger partial charge in [-0.15, -0.1) is 0 Å². The van der Waals surface area contributed by atoms with Crippen molar-refractivity contribution in [3.63, 3.8) is 0 Å². The highest BCUT2D eigenvalue weighted by molar-refractivity contribution is 6.08. The number of carbonyl (C=O) groups is 3. The lowest BCUT2D eigenvalue weighted by Gasteiger charge is -2.30. The summed E-state index contributed by atoms with van der Waals surface area (Å²) in [4.78, 5) is 47.0. The van der Waals surface area contributed by atoms with E-state index in [9.17, 15) is 14.4 Å². The summed E-state index contributed by atoms with van der Waals surface area (Å²) in [6.45, 7) is 2.65. The number of nitrogens with one attached hydrogen (secondary N) is 1. The van der Waals surface area contributed by atoms with E-state index in [0.29, 0.717) is 23.4 Å². The molecule has 0 saturated carbocycles. The summed E-state index contributed by atoms with van der Waals surface area (Å²) < 4.78 is 1.75. The first kappa shape index (κ1) is 25.9. The van der Waals surface area contributed by atoms with Gasteiger partial charge < -0.3 is 19.7 Å². The first-order chi connectivity index (χ1) is 18.9. The molecule has 3 amide bonds. The van der Waals surface area contributed by atoms with Crippen LogP contribution in [-0.2, 0) is 11.3 Å². The quantitative estimate of drug-likeness (QED) is 0.383. The Morgan fingerprint density at radius 1 is 1.00 bits per heavy atom. The molecule has 1 aromatic heterocycles. The second-order valence-corrected chi connectivity index (χ2v) is 9.76. The Kier molecular flexibility index (Phi) is 7.54. The minimum Gasteiger partial charge on any atom is -0.337 e. The average Bonchev–Trinajstić information content (AvgIpc) is 3.38. The van der Waals surface area contributed by atoms with Crippen molar-refractivity contribution in [2.45, 2.75) is 32.4 Å². The molecule has 0 aliphatic carbocycles. The molecular formula is C31H31N5O3. The van der Waals surface area contributed by atoms with Crippen molar-refractivity contribution >= 4 is 29.1 Å². The molecule has 3 aromatic carbocycles. The number of anilines is 2. The maximum atomic E-state index is 13.7. The molecule has 0 spiro atoms. The number of carbonyl (C=O) groups excluding carboxylic acids is 3. The van der Waals surface area contributed by atoms with Gasteiger partial charge in [-0.05, 0) is 67.3 Å². The van der Waals surface area contributed by atoms with Crippen molar-refractivity contribution in [1.82, 2.24) is 14.5 Å². The third kappa shape index (κ3) is 5.60. The van der Waals surface area contributed by atoms with Crippen molar-refractivity contribution in [2.75, 3.05) is 23.8 Å². The second-order valence-electron chi connectivity index (χ2n) is 9.76. The molecule has 0 radical (unpaired) electrons. The average molecular weight is 522 g/mol. The number of likely N-dealkylation sites (N-methyl/N-ethyl adjacent to an activating group) is 1. The molecule has 1 aliphatic rings. The summed E-state index contributed by atoms with van der Waals surface area (Å²) in [5.74, 6) is -0.324. The number of benzene rings is 3.